The molecule has 1 aromatic carbocycles. The summed E-state index contributed by atoms with van der Waals surface area (Å²) in [6.45, 7) is 12.1. The molecule has 0 aromatic heterocycles. The maximum absolute atomic E-state index is 6.14. The first-order valence-electron chi connectivity index (χ1n) is 7.28. The topological polar surface area (TPSA) is 30.5 Å². The van der Waals surface area contributed by atoms with E-state index in [9.17, 15) is 0 Å². The first-order chi connectivity index (χ1) is 9.31. The Labute approximate surface area is 123 Å². The Hall–Kier alpha value is -0.900. The van der Waals surface area contributed by atoms with Crippen molar-refractivity contribution in [2.24, 2.45) is 0 Å². The fraction of sp³-hybridized carbons (Fsp3) is 0.647. The van der Waals surface area contributed by atoms with E-state index in [-0.39, 0.29) is 17.7 Å². The number of rotatable bonds is 7. The van der Waals surface area contributed by atoms with Crippen LogP contribution in [0.25, 0.3) is 0 Å². The summed E-state index contributed by atoms with van der Waals surface area (Å²) in [5.74, 6) is 0. The molecule has 0 radical (unpaired) electrons. The van der Waals surface area contributed by atoms with Crippen LogP contribution in [-0.4, -0.2) is 31.9 Å². The number of nitrogens with one attached hydrogen (secondary N) is 1. The summed E-state index contributed by atoms with van der Waals surface area (Å²) in [4.78, 5) is 0. The molecule has 1 rings (SSSR count). The third-order valence-electron chi connectivity index (χ3n) is 3.03. The summed E-state index contributed by atoms with van der Waals surface area (Å²) in [5, 5.41) is 3.52. The first-order valence-corrected chi connectivity index (χ1v) is 7.28. The molecule has 0 aliphatic heterocycles. The van der Waals surface area contributed by atoms with Crippen molar-refractivity contribution in [3.63, 3.8) is 0 Å². The van der Waals surface area contributed by atoms with E-state index in [4.69, 9.17) is 9.47 Å². The molecule has 0 aliphatic rings. The number of ether oxygens (including phenoxy) is 2. The Morgan fingerprint density at radius 1 is 1.25 bits per heavy atom. The smallest absolute Gasteiger partial charge is 0.0954 e. The molecule has 0 heterocycles. The minimum absolute atomic E-state index is 0.0410. The van der Waals surface area contributed by atoms with E-state index in [2.05, 4.69) is 57.3 Å². The second-order valence-electron chi connectivity index (χ2n) is 6.44. The van der Waals surface area contributed by atoms with E-state index in [1.54, 1.807) is 7.11 Å². The zero-order valence-corrected chi connectivity index (χ0v) is 13.7. The molecular formula is C17H29NO2. The summed E-state index contributed by atoms with van der Waals surface area (Å²) in [7, 11) is 1.70. The van der Waals surface area contributed by atoms with Gasteiger partial charge in [0.1, 0.15) is 0 Å². The lowest BCUT2D eigenvalue weighted by molar-refractivity contribution is -0.0412. The Balaban J connectivity index is 2.78. The summed E-state index contributed by atoms with van der Waals surface area (Å²) in [6.07, 6.45) is 0.117. The SMILES string of the molecule is COCC(C)OC(CNC(C)(C)C)c1cccc(C)c1. The molecule has 114 valence electrons. The van der Waals surface area contributed by atoms with Crippen LogP contribution in [-0.2, 0) is 9.47 Å². The third kappa shape index (κ3) is 6.51. The van der Waals surface area contributed by atoms with Crippen LogP contribution in [0.1, 0.15) is 44.9 Å². The van der Waals surface area contributed by atoms with Crippen molar-refractivity contribution in [1.82, 2.24) is 5.32 Å². The van der Waals surface area contributed by atoms with Crippen molar-refractivity contribution in [2.75, 3.05) is 20.3 Å². The van der Waals surface area contributed by atoms with E-state index >= 15 is 0 Å². The molecule has 0 spiro atoms. The van der Waals surface area contributed by atoms with Crippen LogP contribution in [0.15, 0.2) is 24.3 Å². The van der Waals surface area contributed by atoms with E-state index in [0.717, 1.165) is 6.54 Å². The molecule has 0 saturated heterocycles. The molecule has 0 aliphatic carbocycles. The molecule has 2 unspecified atom stereocenters. The van der Waals surface area contributed by atoms with Gasteiger partial charge in [-0.3, -0.25) is 0 Å². The van der Waals surface area contributed by atoms with Gasteiger partial charge in [-0.15, -0.1) is 0 Å². The average molecular weight is 279 g/mol. The maximum atomic E-state index is 6.14. The van der Waals surface area contributed by atoms with Crippen LogP contribution in [0.3, 0.4) is 0 Å². The Morgan fingerprint density at radius 2 is 1.95 bits per heavy atom. The van der Waals surface area contributed by atoms with Crippen LogP contribution in [0.2, 0.25) is 0 Å². The minimum Gasteiger partial charge on any atom is -0.382 e. The molecule has 20 heavy (non-hydrogen) atoms. The second-order valence-corrected chi connectivity index (χ2v) is 6.44. The van der Waals surface area contributed by atoms with Gasteiger partial charge >= 0.3 is 0 Å². The zero-order chi connectivity index (χ0) is 15.2. The van der Waals surface area contributed by atoms with Crippen molar-refractivity contribution in [1.29, 1.82) is 0 Å². The van der Waals surface area contributed by atoms with Crippen molar-refractivity contribution >= 4 is 0 Å². The summed E-state index contributed by atoms with van der Waals surface area (Å²) in [6, 6.07) is 8.51. The highest BCUT2D eigenvalue weighted by Gasteiger charge is 2.19. The van der Waals surface area contributed by atoms with E-state index < -0.39 is 0 Å². The molecule has 1 aromatic rings. The largest absolute Gasteiger partial charge is 0.382 e. The molecule has 1 N–H and O–H groups in total. The van der Waals surface area contributed by atoms with Crippen LogP contribution in [0.4, 0.5) is 0 Å². The standard InChI is InChI=1S/C17H29NO2/c1-13-8-7-9-15(10-13)16(11-18-17(3,4)5)20-14(2)12-19-6/h7-10,14,16,18H,11-12H2,1-6H3. The van der Waals surface area contributed by atoms with Gasteiger partial charge in [-0.05, 0) is 40.2 Å². The van der Waals surface area contributed by atoms with Crippen LogP contribution in [0, 0.1) is 6.92 Å². The quantitative estimate of drug-likeness (QED) is 0.829. The van der Waals surface area contributed by atoms with Gasteiger partial charge in [-0.1, -0.05) is 29.8 Å². The molecular weight excluding hydrogens is 250 g/mol. The van der Waals surface area contributed by atoms with Crippen LogP contribution in [0.5, 0.6) is 0 Å². The lowest BCUT2D eigenvalue weighted by Gasteiger charge is -2.28. The van der Waals surface area contributed by atoms with Crippen LogP contribution < -0.4 is 5.32 Å². The van der Waals surface area contributed by atoms with Gasteiger partial charge < -0.3 is 14.8 Å². The molecule has 0 amide bonds. The van der Waals surface area contributed by atoms with E-state index in [1.807, 2.05) is 6.92 Å². The minimum atomic E-state index is 0.0410. The Bertz CT molecular complexity index is 398. The molecule has 0 bridgehead atoms. The predicted octanol–water partition coefficient (Wildman–Crippen LogP) is 3.48. The lowest BCUT2D eigenvalue weighted by atomic mass is 10.0. The van der Waals surface area contributed by atoms with Gasteiger partial charge in [0.05, 0.1) is 18.8 Å². The highest BCUT2D eigenvalue weighted by atomic mass is 16.5. The van der Waals surface area contributed by atoms with Crippen molar-refractivity contribution in [3.05, 3.63) is 35.4 Å². The summed E-state index contributed by atoms with van der Waals surface area (Å²) in [5.41, 5.74) is 2.55. The van der Waals surface area contributed by atoms with Gasteiger partial charge in [0, 0.05) is 19.2 Å². The van der Waals surface area contributed by atoms with Crippen molar-refractivity contribution in [3.8, 4) is 0 Å². The molecule has 2 atom stereocenters. The summed E-state index contributed by atoms with van der Waals surface area (Å²) >= 11 is 0. The fourth-order valence-electron chi connectivity index (χ4n) is 2.07. The first kappa shape index (κ1) is 17.2. The number of aryl methyl sites for hydroxylation is 1. The number of hydrogen-bond acceptors (Lipinski definition) is 3. The normalized spacial score (nSPS) is 15.1. The summed E-state index contributed by atoms with van der Waals surface area (Å²) < 4.78 is 11.3. The Kier molecular flexibility index (Phi) is 6.66. The third-order valence-corrected chi connectivity index (χ3v) is 3.03. The lowest BCUT2D eigenvalue weighted by Crippen LogP contribution is -2.39. The van der Waals surface area contributed by atoms with Gasteiger partial charge in [-0.25, -0.2) is 0 Å². The second kappa shape index (κ2) is 7.77. The molecule has 0 saturated carbocycles. The number of benzene rings is 1. The van der Waals surface area contributed by atoms with Gasteiger partial charge in [0.2, 0.25) is 0 Å². The number of methoxy groups -OCH3 is 1. The average Bonchev–Trinajstić information content (AvgIpc) is 2.33. The zero-order valence-electron chi connectivity index (χ0n) is 13.7. The maximum Gasteiger partial charge on any atom is 0.0954 e. The highest BCUT2D eigenvalue weighted by Crippen LogP contribution is 2.20. The van der Waals surface area contributed by atoms with Gasteiger partial charge in [0.25, 0.3) is 0 Å². The molecule has 0 fully saturated rings. The van der Waals surface area contributed by atoms with Crippen molar-refractivity contribution in [2.45, 2.75) is 52.4 Å². The van der Waals surface area contributed by atoms with Gasteiger partial charge in [0.15, 0.2) is 0 Å². The van der Waals surface area contributed by atoms with E-state index in [0.29, 0.717) is 6.61 Å². The van der Waals surface area contributed by atoms with Crippen molar-refractivity contribution < 1.29 is 9.47 Å². The predicted molar refractivity (Wildman–Crippen MR) is 84.1 cm³/mol. The fourth-order valence-corrected chi connectivity index (χ4v) is 2.07. The highest BCUT2D eigenvalue weighted by molar-refractivity contribution is 5.24. The Morgan fingerprint density at radius 3 is 2.50 bits per heavy atom. The monoisotopic (exact) mass is 279 g/mol. The van der Waals surface area contributed by atoms with E-state index in [1.165, 1.54) is 11.1 Å². The van der Waals surface area contributed by atoms with Gasteiger partial charge in [-0.2, -0.15) is 0 Å². The molecule has 3 nitrogen and oxygen atoms in total. The van der Waals surface area contributed by atoms with Crippen LogP contribution >= 0.6 is 0 Å². The molecule has 3 heteroatoms. The number of hydrogen-bond donors (Lipinski definition) is 1.